The fourth-order valence-electron chi connectivity index (χ4n) is 2.45. The van der Waals surface area contributed by atoms with Crippen molar-refractivity contribution in [2.24, 2.45) is 0 Å². The summed E-state index contributed by atoms with van der Waals surface area (Å²) >= 11 is 5.72. The predicted octanol–water partition coefficient (Wildman–Crippen LogP) is 1.06. The minimum atomic E-state index is -0.483. The molecule has 122 valence electrons. The highest BCUT2D eigenvalue weighted by molar-refractivity contribution is 6.30. The summed E-state index contributed by atoms with van der Waals surface area (Å²) in [7, 11) is 1.65. The lowest BCUT2D eigenvalue weighted by atomic mass is 10.1. The standard InChI is InChI=1S/C15H21ClFN3O2/c1-22-6-5-18-11-7-13(19-9-11)15(21)20-8-10-3-2-4-12(16)14(10)17/h2-4,11,13,18-19H,5-9H2,1H3,(H,20,21). The third-order valence-corrected chi connectivity index (χ3v) is 3.96. The van der Waals surface area contributed by atoms with Gasteiger partial charge < -0.3 is 20.7 Å². The van der Waals surface area contributed by atoms with E-state index in [1.54, 1.807) is 19.2 Å². The molecule has 0 spiro atoms. The maximum atomic E-state index is 13.7. The van der Waals surface area contributed by atoms with Crippen molar-refractivity contribution >= 4 is 17.5 Å². The molecule has 0 radical (unpaired) electrons. The van der Waals surface area contributed by atoms with Gasteiger partial charge in [0.15, 0.2) is 0 Å². The van der Waals surface area contributed by atoms with Crippen LogP contribution in [0.5, 0.6) is 0 Å². The van der Waals surface area contributed by atoms with Crippen LogP contribution in [0.3, 0.4) is 0 Å². The summed E-state index contributed by atoms with van der Waals surface area (Å²) in [6.45, 7) is 2.25. The van der Waals surface area contributed by atoms with Crippen LogP contribution in [-0.4, -0.2) is 44.8 Å². The maximum absolute atomic E-state index is 13.7. The van der Waals surface area contributed by atoms with Crippen molar-refractivity contribution < 1.29 is 13.9 Å². The Hall–Kier alpha value is -1.21. The van der Waals surface area contributed by atoms with E-state index in [0.717, 1.165) is 13.1 Å². The molecule has 5 nitrogen and oxygen atoms in total. The zero-order chi connectivity index (χ0) is 15.9. The number of amides is 1. The van der Waals surface area contributed by atoms with Crippen molar-refractivity contribution in [1.82, 2.24) is 16.0 Å². The molecule has 0 aromatic heterocycles. The average Bonchev–Trinajstić information content (AvgIpc) is 2.98. The molecule has 22 heavy (non-hydrogen) atoms. The molecule has 3 N–H and O–H groups in total. The molecule has 2 atom stereocenters. The second-order valence-electron chi connectivity index (χ2n) is 5.27. The summed E-state index contributed by atoms with van der Waals surface area (Å²) in [5.41, 5.74) is 0.383. The number of halogens is 2. The normalized spacial score (nSPS) is 21.0. The molecule has 1 amide bonds. The molecule has 0 aliphatic carbocycles. The predicted molar refractivity (Wildman–Crippen MR) is 83.3 cm³/mol. The van der Waals surface area contributed by atoms with Gasteiger partial charge in [0.25, 0.3) is 0 Å². The molecule has 1 saturated heterocycles. The quantitative estimate of drug-likeness (QED) is 0.655. The Labute approximate surface area is 134 Å². The number of rotatable bonds is 7. The lowest BCUT2D eigenvalue weighted by Crippen LogP contribution is -2.40. The van der Waals surface area contributed by atoms with E-state index in [4.69, 9.17) is 16.3 Å². The number of benzene rings is 1. The molecule has 0 bridgehead atoms. The smallest absolute Gasteiger partial charge is 0.237 e. The summed E-state index contributed by atoms with van der Waals surface area (Å²) in [4.78, 5) is 12.1. The fraction of sp³-hybridized carbons (Fsp3) is 0.533. The third kappa shape index (κ3) is 4.64. The van der Waals surface area contributed by atoms with Gasteiger partial charge in [-0.3, -0.25) is 4.79 Å². The largest absolute Gasteiger partial charge is 0.383 e. The van der Waals surface area contributed by atoms with Gasteiger partial charge in [-0.15, -0.1) is 0 Å². The summed E-state index contributed by atoms with van der Waals surface area (Å²) in [6, 6.07) is 4.74. The number of hydrogen-bond acceptors (Lipinski definition) is 4. The zero-order valence-corrected chi connectivity index (χ0v) is 13.3. The number of ether oxygens (including phenoxy) is 1. The first-order valence-corrected chi connectivity index (χ1v) is 7.66. The molecule has 7 heteroatoms. The molecular formula is C15H21ClFN3O2. The van der Waals surface area contributed by atoms with E-state index in [1.165, 1.54) is 6.07 Å². The van der Waals surface area contributed by atoms with Crippen LogP contribution in [0.4, 0.5) is 4.39 Å². The molecule has 1 aliphatic heterocycles. The van der Waals surface area contributed by atoms with Gasteiger partial charge in [-0.25, -0.2) is 4.39 Å². The molecule has 1 aliphatic rings. The van der Waals surface area contributed by atoms with Gasteiger partial charge in [0.05, 0.1) is 17.7 Å². The molecule has 1 aromatic rings. The number of carbonyl (C=O) groups excluding carboxylic acids is 1. The van der Waals surface area contributed by atoms with Crippen LogP contribution in [0.2, 0.25) is 5.02 Å². The molecule has 1 heterocycles. The van der Waals surface area contributed by atoms with Crippen molar-refractivity contribution in [3.05, 3.63) is 34.6 Å². The Morgan fingerprint density at radius 2 is 2.36 bits per heavy atom. The van der Waals surface area contributed by atoms with Gasteiger partial charge in [-0.2, -0.15) is 0 Å². The van der Waals surface area contributed by atoms with Gasteiger partial charge in [-0.05, 0) is 12.5 Å². The minimum absolute atomic E-state index is 0.0631. The highest BCUT2D eigenvalue weighted by Crippen LogP contribution is 2.17. The van der Waals surface area contributed by atoms with Gasteiger partial charge in [-0.1, -0.05) is 23.7 Å². The van der Waals surface area contributed by atoms with Gasteiger partial charge in [0.1, 0.15) is 5.82 Å². The SMILES string of the molecule is COCCNC1CNC(C(=O)NCc2cccc(Cl)c2F)C1. The fourth-order valence-corrected chi connectivity index (χ4v) is 2.64. The van der Waals surface area contributed by atoms with E-state index < -0.39 is 5.82 Å². The summed E-state index contributed by atoms with van der Waals surface area (Å²) in [5.74, 6) is -0.613. The Kier molecular flexibility index (Phi) is 6.57. The van der Waals surface area contributed by atoms with E-state index in [-0.39, 0.29) is 29.6 Å². The monoisotopic (exact) mass is 329 g/mol. The van der Waals surface area contributed by atoms with E-state index in [2.05, 4.69) is 16.0 Å². The Balaban J connectivity index is 1.77. The zero-order valence-electron chi connectivity index (χ0n) is 12.5. The highest BCUT2D eigenvalue weighted by atomic mass is 35.5. The lowest BCUT2D eigenvalue weighted by Gasteiger charge is -2.13. The summed E-state index contributed by atoms with van der Waals surface area (Å²) < 4.78 is 18.7. The third-order valence-electron chi connectivity index (χ3n) is 3.67. The van der Waals surface area contributed by atoms with Crippen molar-refractivity contribution in [2.45, 2.75) is 25.0 Å². The van der Waals surface area contributed by atoms with Crippen molar-refractivity contribution in [3.63, 3.8) is 0 Å². The molecule has 1 aromatic carbocycles. The van der Waals surface area contributed by atoms with Crippen LogP contribution in [0, 0.1) is 5.82 Å². The second-order valence-corrected chi connectivity index (χ2v) is 5.68. The van der Waals surface area contributed by atoms with Crippen LogP contribution >= 0.6 is 11.6 Å². The first kappa shape index (κ1) is 17.1. The first-order chi connectivity index (χ1) is 10.6. The van der Waals surface area contributed by atoms with E-state index in [1.807, 2.05) is 0 Å². The van der Waals surface area contributed by atoms with Crippen molar-refractivity contribution in [1.29, 1.82) is 0 Å². The Morgan fingerprint density at radius 1 is 1.55 bits per heavy atom. The van der Waals surface area contributed by atoms with Gasteiger partial charge in [0.2, 0.25) is 5.91 Å². The van der Waals surface area contributed by atoms with E-state index in [9.17, 15) is 9.18 Å². The maximum Gasteiger partial charge on any atom is 0.237 e. The number of hydrogen-bond donors (Lipinski definition) is 3. The number of carbonyl (C=O) groups is 1. The molecule has 2 unspecified atom stereocenters. The Bertz CT molecular complexity index is 516. The molecule has 2 rings (SSSR count). The Morgan fingerprint density at radius 3 is 3.14 bits per heavy atom. The first-order valence-electron chi connectivity index (χ1n) is 7.28. The van der Waals surface area contributed by atoms with Crippen LogP contribution in [0.1, 0.15) is 12.0 Å². The highest BCUT2D eigenvalue weighted by Gasteiger charge is 2.28. The van der Waals surface area contributed by atoms with Crippen LogP contribution < -0.4 is 16.0 Å². The summed E-state index contributed by atoms with van der Waals surface area (Å²) in [6.07, 6.45) is 0.702. The number of nitrogens with one attached hydrogen (secondary N) is 3. The van der Waals surface area contributed by atoms with E-state index in [0.29, 0.717) is 18.6 Å². The van der Waals surface area contributed by atoms with Crippen molar-refractivity contribution in [2.75, 3.05) is 26.8 Å². The van der Waals surface area contributed by atoms with Crippen LogP contribution in [-0.2, 0) is 16.1 Å². The minimum Gasteiger partial charge on any atom is -0.383 e. The van der Waals surface area contributed by atoms with Crippen LogP contribution in [0.15, 0.2) is 18.2 Å². The summed E-state index contributed by atoms with van der Waals surface area (Å²) in [5, 5.41) is 9.28. The van der Waals surface area contributed by atoms with Gasteiger partial charge in [0, 0.05) is 38.3 Å². The van der Waals surface area contributed by atoms with Crippen molar-refractivity contribution in [3.8, 4) is 0 Å². The number of methoxy groups -OCH3 is 1. The molecule has 0 saturated carbocycles. The topological polar surface area (TPSA) is 62.4 Å². The average molecular weight is 330 g/mol. The van der Waals surface area contributed by atoms with Crippen LogP contribution in [0.25, 0.3) is 0 Å². The van der Waals surface area contributed by atoms with Gasteiger partial charge >= 0.3 is 0 Å². The molecule has 1 fully saturated rings. The lowest BCUT2D eigenvalue weighted by molar-refractivity contribution is -0.123. The van der Waals surface area contributed by atoms with E-state index >= 15 is 0 Å². The molecular weight excluding hydrogens is 309 g/mol. The second kappa shape index (κ2) is 8.43.